The van der Waals surface area contributed by atoms with Gasteiger partial charge in [0.15, 0.2) is 6.61 Å². The molecule has 138 valence electrons. The minimum absolute atomic E-state index is 0.135. The summed E-state index contributed by atoms with van der Waals surface area (Å²) in [6.07, 6.45) is 1.80. The zero-order valence-corrected chi connectivity index (χ0v) is 14.3. The Kier molecular flexibility index (Phi) is 5.31. The number of amides is 1. The molecule has 1 aliphatic carbocycles. The van der Waals surface area contributed by atoms with Crippen LogP contribution in [0.4, 0.5) is 13.2 Å². The highest BCUT2D eigenvalue weighted by Crippen LogP contribution is 2.31. The summed E-state index contributed by atoms with van der Waals surface area (Å²) >= 11 is 5.93. The second-order valence-corrected chi connectivity index (χ2v) is 6.34. The van der Waals surface area contributed by atoms with Crippen molar-refractivity contribution in [3.8, 4) is 5.88 Å². The molecule has 1 fully saturated rings. The van der Waals surface area contributed by atoms with E-state index in [2.05, 4.69) is 14.7 Å². The number of aromatic nitrogens is 2. The summed E-state index contributed by atoms with van der Waals surface area (Å²) in [6.45, 7) is -1.08. The summed E-state index contributed by atoms with van der Waals surface area (Å²) in [4.78, 5) is 22.2. The zero-order valence-electron chi connectivity index (χ0n) is 13.5. The van der Waals surface area contributed by atoms with Crippen molar-refractivity contribution in [1.82, 2.24) is 14.9 Å². The van der Waals surface area contributed by atoms with Gasteiger partial charge in [-0.1, -0.05) is 11.6 Å². The van der Waals surface area contributed by atoms with Gasteiger partial charge in [-0.15, -0.1) is 0 Å². The van der Waals surface area contributed by atoms with Gasteiger partial charge in [-0.05, 0) is 36.6 Å². The van der Waals surface area contributed by atoms with Gasteiger partial charge in [0.2, 0.25) is 5.88 Å². The molecule has 1 aliphatic rings. The lowest BCUT2D eigenvalue weighted by Crippen LogP contribution is -2.32. The van der Waals surface area contributed by atoms with Crippen LogP contribution in [0, 0.1) is 0 Å². The van der Waals surface area contributed by atoms with Gasteiger partial charge < -0.3 is 9.64 Å². The van der Waals surface area contributed by atoms with Crippen LogP contribution < -0.4 is 4.74 Å². The van der Waals surface area contributed by atoms with Crippen LogP contribution in [0.25, 0.3) is 0 Å². The predicted molar refractivity (Wildman–Crippen MR) is 87.9 cm³/mol. The van der Waals surface area contributed by atoms with Crippen molar-refractivity contribution in [2.45, 2.75) is 31.6 Å². The third-order valence-electron chi connectivity index (χ3n) is 3.78. The minimum atomic E-state index is -4.49. The Bertz CT molecular complexity index is 783. The number of pyridine rings is 2. The third-order valence-corrected chi connectivity index (χ3v) is 4.05. The van der Waals surface area contributed by atoms with Crippen molar-refractivity contribution in [1.29, 1.82) is 0 Å². The standard InChI is InChI=1S/C17H15ClF3N3O2/c18-14-7-12(8-23-15(14)26-10-17(19,20)21)16(25)24(13-1-2-13)9-11-3-5-22-6-4-11/h3-8,13H,1-2,9-10H2. The number of hydrogen-bond donors (Lipinski definition) is 0. The molecule has 1 amide bonds. The maximum Gasteiger partial charge on any atom is 0.422 e. The van der Waals surface area contributed by atoms with Gasteiger partial charge >= 0.3 is 6.18 Å². The van der Waals surface area contributed by atoms with Crippen LogP contribution in [-0.2, 0) is 6.54 Å². The first-order valence-electron chi connectivity index (χ1n) is 7.88. The Morgan fingerprint density at radius 1 is 1.31 bits per heavy atom. The number of halogens is 4. The lowest BCUT2D eigenvalue weighted by Gasteiger charge is -2.22. The zero-order chi connectivity index (χ0) is 18.7. The molecule has 0 unspecified atom stereocenters. The van der Waals surface area contributed by atoms with Crippen molar-refractivity contribution in [3.05, 3.63) is 52.9 Å². The van der Waals surface area contributed by atoms with Gasteiger partial charge in [0, 0.05) is 31.2 Å². The molecule has 1 saturated carbocycles. The SMILES string of the molecule is O=C(c1cnc(OCC(F)(F)F)c(Cl)c1)N(Cc1ccncc1)C1CC1. The average Bonchev–Trinajstić information content (AvgIpc) is 3.43. The number of nitrogens with zero attached hydrogens (tertiary/aromatic N) is 3. The molecule has 0 bridgehead atoms. The fourth-order valence-corrected chi connectivity index (χ4v) is 2.62. The van der Waals surface area contributed by atoms with Gasteiger partial charge in [-0.3, -0.25) is 9.78 Å². The summed E-state index contributed by atoms with van der Waals surface area (Å²) < 4.78 is 41.2. The fourth-order valence-electron chi connectivity index (χ4n) is 2.40. The van der Waals surface area contributed by atoms with Crippen LogP contribution in [0.5, 0.6) is 5.88 Å². The maximum absolute atomic E-state index is 12.8. The highest BCUT2D eigenvalue weighted by atomic mass is 35.5. The molecule has 5 nitrogen and oxygen atoms in total. The monoisotopic (exact) mass is 385 g/mol. The largest absolute Gasteiger partial charge is 0.467 e. The molecule has 0 radical (unpaired) electrons. The molecular formula is C17H15ClF3N3O2. The number of alkyl halides is 3. The fraction of sp³-hybridized carbons (Fsp3) is 0.353. The van der Waals surface area contributed by atoms with E-state index in [1.54, 1.807) is 17.3 Å². The van der Waals surface area contributed by atoms with Crippen LogP contribution in [0.2, 0.25) is 5.02 Å². The number of carbonyl (C=O) groups excluding carboxylic acids is 1. The lowest BCUT2D eigenvalue weighted by molar-refractivity contribution is -0.154. The van der Waals surface area contributed by atoms with Gasteiger partial charge in [-0.25, -0.2) is 4.98 Å². The van der Waals surface area contributed by atoms with E-state index in [9.17, 15) is 18.0 Å². The highest BCUT2D eigenvalue weighted by molar-refractivity contribution is 6.32. The molecule has 2 heterocycles. The molecule has 9 heteroatoms. The first-order chi connectivity index (χ1) is 12.3. The molecule has 0 saturated heterocycles. The van der Waals surface area contributed by atoms with E-state index in [0.29, 0.717) is 6.54 Å². The van der Waals surface area contributed by atoms with Crippen LogP contribution >= 0.6 is 11.6 Å². The van der Waals surface area contributed by atoms with Crippen LogP contribution in [0.3, 0.4) is 0 Å². The summed E-state index contributed by atoms with van der Waals surface area (Å²) in [5.74, 6) is -0.631. The molecule has 0 aromatic carbocycles. The van der Waals surface area contributed by atoms with Gasteiger partial charge in [-0.2, -0.15) is 13.2 Å². The summed E-state index contributed by atoms with van der Waals surface area (Å²) in [5.41, 5.74) is 1.14. The number of carbonyl (C=O) groups is 1. The Morgan fingerprint density at radius 2 is 2.00 bits per heavy atom. The second kappa shape index (κ2) is 7.49. The second-order valence-electron chi connectivity index (χ2n) is 5.93. The van der Waals surface area contributed by atoms with Crippen molar-refractivity contribution < 1.29 is 22.7 Å². The number of ether oxygens (including phenoxy) is 1. The van der Waals surface area contributed by atoms with E-state index in [1.165, 1.54) is 12.3 Å². The van der Waals surface area contributed by atoms with E-state index >= 15 is 0 Å². The van der Waals surface area contributed by atoms with Crippen LogP contribution in [0.1, 0.15) is 28.8 Å². The van der Waals surface area contributed by atoms with Gasteiger partial charge in [0.1, 0.15) is 5.02 Å². The molecule has 2 aromatic rings. The van der Waals surface area contributed by atoms with Crippen LogP contribution in [0.15, 0.2) is 36.8 Å². The maximum atomic E-state index is 12.8. The first-order valence-corrected chi connectivity index (χ1v) is 8.26. The summed E-state index contributed by atoms with van der Waals surface area (Å²) in [6, 6.07) is 5.06. The molecule has 2 aromatic heterocycles. The molecule has 0 aliphatic heterocycles. The van der Waals surface area contributed by atoms with Crippen molar-refractivity contribution >= 4 is 17.5 Å². The Morgan fingerprint density at radius 3 is 2.58 bits per heavy atom. The first kappa shape index (κ1) is 18.4. The van der Waals surface area contributed by atoms with Crippen molar-refractivity contribution in [2.24, 2.45) is 0 Å². The smallest absolute Gasteiger partial charge is 0.422 e. The van der Waals surface area contributed by atoms with Gasteiger partial charge in [0.25, 0.3) is 5.91 Å². The van der Waals surface area contributed by atoms with E-state index in [4.69, 9.17) is 11.6 Å². The van der Waals surface area contributed by atoms with E-state index in [0.717, 1.165) is 18.4 Å². The summed E-state index contributed by atoms with van der Waals surface area (Å²) in [5, 5.41) is -0.139. The molecule has 0 N–H and O–H groups in total. The average molecular weight is 386 g/mol. The van der Waals surface area contributed by atoms with E-state index in [-0.39, 0.29) is 28.4 Å². The third kappa shape index (κ3) is 4.85. The molecule has 3 rings (SSSR count). The summed E-state index contributed by atoms with van der Waals surface area (Å²) in [7, 11) is 0. The Hall–Kier alpha value is -2.35. The Labute approximate surface area is 152 Å². The Balaban J connectivity index is 1.74. The number of rotatable bonds is 6. The molecule has 0 atom stereocenters. The van der Waals surface area contributed by atoms with E-state index < -0.39 is 12.8 Å². The number of hydrogen-bond acceptors (Lipinski definition) is 4. The van der Waals surface area contributed by atoms with E-state index in [1.807, 2.05) is 12.1 Å². The molecule has 26 heavy (non-hydrogen) atoms. The molecular weight excluding hydrogens is 371 g/mol. The highest BCUT2D eigenvalue weighted by Gasteiger charge is 2.34. The molecule has 0 spiro atoms. The predicted octanol–water partition coefficient (Wildman–Crippen LogP) is 3.88. The normalized spacial score (nSPS) is 14.2. The van der Waals surface area contributed by atoms with Crippen LogP contribution in [-0.4, -0.2) is 39.6 Å². The topological polar surface area (TPSA) is 55.3 Å². The quantitative estimate of drug-likeness (QED) is 0.757. The van der Waals surface area contributed by atoms with Crippen molar-refractivity contribution in [2.75, 3.05) is 6.61 Å². The van der Waals surface area contributed by atoms with Crippen molar-refractivity contribution in [3.63, 3.8) is 0 Å². The minimum Gasteiger partial charge on any atom is -0.467 e. The lowest BCUT2D eigenvalue weighted by atomic mass is 10.2. The van der Waals surface area contributed by atoms with Gasteiger partial charge in [0.05, 0.1) is 5.56 Å².